The van der Waals surface area contributed by atoms with Gasteiger partial charge in [0.15, 0.2) is 0 Å². The Balaban J connectivity index is 1.37. The maximum Gasteiger partial charge on any atom is 0.269 e. The molecule has 0 atom stereocenters. The van der Waals surface area contributed by atoms with Crippen molar-refractivity contribution in [2.45, 2.75) is 42.7 Å². The van der Waals surface area contributed by atoms with E-state index in [2.05, 4.69) is 38.9 Å². The predicted molar refractivity (Wildman–Crippen MR) is 136 cm³/mol. The number of hydrogen-bond donors (Lipinski definition) is 1. The van der Waals surface area contributed by atoms with Gasteiger partial charge in [-0.2, -0.15) is 0 Å². The minimum Gasteiger partial charge on any atom is -0.382 e. The first-order valence-electron chi connectivity index (χ1n) is 11.2. The summed E-state index contributed by atoms with van der Waals surface area (Å²) in [4.78, 5) is 2.88. The highest BCUT2D eigenvalue weighted by Gasteiger charge is 2.28. The molecule has 1 aliphatic heterocycles. The number of halogens is 1. The van der Waals surface area contributed by atoms with Crippen molar-refractivity contribution in [2.24, 2.45) is 0 Å². The molecule has 1 saturated heterocycles. The van der Waals surface area contributed by atoms with Gasteiger partial charge in [0, 0.05) is 36.2 Å². The van der Waals surface area contributed by atoms with Crippen LogP contribution in [0, 0.1) is 3.70 Å². The molecule has 1 aliphatic carbocycles. The van der Waals surface area contributed by atoms with E-state index in [0.717, 1.165) is 50.2 Å². The molecule has 2 aromatic carbocycles. The van der Waals surface area contributed by atoms with E-state index in [9.17, 15) is 8.42 Å². The lowest BCUT2D eigenvalue weighted by Crippen LogP contribution is -2.46. The van der Waals surface area contributed by atoms with Crippen molar-refractivity contribution in [3.63, 3.8) is 0 Å². The second-order valence-corrected chi connectivity index (χ2v) is 11.5. The highest BCUT2D eigenvalue weighted by molar-refractivity contribution is 14.1. The van der Waals surface area contributed by atoms with Crippen molar-refractivity contribution in [3.8, 4) is 0 Å². The van der Waals surface area contributed by atoms with Gasteiger partial charge in [0.25, 0.3) is 10.0 Å². The molecule has 32 heavy (non-hydrogen) atoms. The number of morpholine rings is 1. The van der Waals surface area contributed by atoms with E-state index in [-0.39, 0.29) is 0 Å². The summed E-state index contributed by atoms with van der Waals surface area (Å²) in [6, 6.07) is 17.6. The van der Waals surface area contributed by atoms with Gasteiger partial charge in [-0.1, -0.05) is 24.3 Å². The van der Waals surface area contributed by atoms with Crippen LogP contribution >= 0.6 is 22.6 Å². The Hall–Kier alpha value is -1.62. The Morgan fingerprint density at radius 3 is 2.38 bits per heavy atom. The van der Waals surface area contributed by atoms with E-state index in [0.29, 0.717) is 26.2 Å². The molecule has 3 aromatic rings. The van der Waals surface area contributed by atoms with E-state index in [1.807, 2.05) is 24.3 Å². The first-order valence-corrected chi connectivity index (χ1v) is 13.7. The smallest absolute Gasteiger partial charge is 0.269 e. The molecule has 5 rings (SSSR count). The Morgan fingerprint density at radius 2 is 1.66 bits per heavy atom. The number of benzene rings is 2. The molecule has 6 nitrogen and oxygen atoms in total. The topological polar surface area (TPSA) is 63.6 Å². The van der Waals surface area contributed by atoms with Gasteiger partial charge in [-0.05, 0) is 78.6 Å². The standard InChI is InChI=1S/C24H28IN3O3S/c25-24-17-21-22(26-18-9-11-19(12-10-18)27-13-15-31-16-14-27)7-4-8-23(21)28(24)32(29,30)20-5-2-1-3-6-20/h1-8,17-19,26H,9-16H2. The van der Waals surface area contributed by atoms with Gasteiger partial charge in [0.1, 0.15) is 0 Å². The fourth-order valence-electron chi connectivity index (χ4n) is 4.99. The first kappa shape index (κ1) is 22.2. The maximum absolute atomic E-state index is 13.3. The minimum absolute atomic E-state index is 0.301. The molecule has 2 aliphatic rings. The SMILES string of the molecule is O=S(=O)(c1ccccc1)n1c(I)cc2c(NC3CCC(N4CCOCC4)CC3)cccc21. The van der Waals surface area contributed by atoms with Crippen LogP contribution in [0.4, 0.5) is 5.69 Å². The fourth-order valence-corrected chi connectivity index (χ4v) is 7.75. The monoisotopic (exact) mass is 565 g/mol. The third kappa shape index (κ3) is 4.30. The van der Waals surface area contributed by atoms with Crippen LogP contribution in [-0.4, -0.2) is 55.7 Å². The zero-order valence-electron chi connectivity index (χ0n) is 17.9. The average molecular weight is 565 g/mol. The zero-order valence-corrected chi connectivity index (χ0v) is 20.9. The Kier molecular flexibility index (Phi) is 6.46. The quantitative estimate of drug-likeness (QED) is 0.461. The Labute approximate surface area is 203 Å². The molecule has 8 heteroatoms. The summed E-state index contributed by atoms with van der Waals surface area (Å²) < 4.78 is 34.3. The lowest BCUT2D eigenvalue weighted by atomic mass is 9.89. The second kappa shape index (κ2) is 9.32. The number of nitrogens with zero attached hydrogens (tertiary/aromatic N) is 2. The molecule has 1 saturated carbocycles. The molecule has 0 amide bonds. The molecular weight excluding hydrogens is 537 g/mol. The lowest BCUT2D eigenvalue weighted by molar-refractivity contribution is 0.00791. The summed E-state index contributed by atoms with van der Waals surface area (Å²) in [6.07, 6.45) is 4.63. The second-order valence-electron chi connectivity index (χ2n) is 8.59. The van der Waals surface area contributed by atoms with E-state index >= 15 is 0 Å². The number of aromatic nitrogens is 1. The van der Waals surface area contributed by atoms with E-state index in [1.54, 1.807) is 24.3 Å². The van der Waals surface area contributed by atoms with Gasteiger partial charge in [0.05, 0.1) is 27.3 Å². The van der Waals surface area contributed by atoms with Gasteiger partial charge in [0.2, 0.25) is 0 Å². The molecule has 1 N–H and O–H groups in total. The molecule has 170 valence electrons. The number of rotatable bonds is 5. The Bertz CT molecular complexity index is 1180. The summed E-state index contributed by atoms with van der Waals surface area (Å²) in [6.45, 7) is 3.79. The third-order valence-electron chi connectivity index (χ3n) is 6.66. The normalized spacial score (nSPS) is 22.8. The molecule has 0 radical (unpaired) electrons. The first-order chi connectivity index (χ1) is 15.5. The highest BCUT2D eigenvalue weighted by Crippen LogP contribution is 2.33. The number of hydrogen-bond acceptors (Lipinski definition) is 5. The van der Waals surface area contributed by atoms with Crippen molar-refractivity contribution in [2.75, 3.05) is 31.6 Å². The molecule has 2 fully saturated rings. The van der Waals surface area contributed by atoms with E-state index < -0.39 is 10.0 Å². The van der Waals surface area contributed by atoms with Crippen LogP contribution in [0.3, 0.4) is 0 Å². The van der Waals surface area contributed by atoms with Gasteiger partial charge in [-0.25, -0.2) is 12.4 Å². The van der Waals surface area contributed by atoms with E-state index in [4.69, 9.17) is 4.74 Å². The average Bonchev–Trinajstić information content (AvgIpc) is 3.18. The van der Waals surface area contributed by atoms with Crippen LogP contribution in [-0.2, 0) is 14.8 Å². The summed E-state index contributed by atoms with van der Waals surface area (Å²) in [5.41, 5.74) is 1.72. The van der Waals surface area contributed by atoms with Crippen LogP contribution in [0.1, 0.15) is 25.7 Å². The van der Waals surface area contributed by atoms with Crippen LogP contribution in [0.2, 0.25) is 0 Å². The minimum atomic E-state index is -3.66. The van der Waals surface area contributed by atoms with Crippen LogP contribution in [0.15, 0.2) is 59.5 Å². The van der Waals surface area contributed by atoms with Crippen molar-refractivity contribution in [1.82, 2.24) is 8.87 Å². The molecular formula is C24H28IN3O3S. The van der Waals surface area contributed by atoms with Crippen molar-refractivity contribution >= 4 is 49.2 Å². The molecule has 2 heterocycles. The summed E-state index contributed by atoms with van der Waals surface area (Å²) >= 11 is 2.12. The molecule has 0 unspecified atom stereocenters. The Morgan fingerprint density at radius 1 is 0.938 bits per heavy atom. The third-order valence-corrected chi connectivity index (χ3v) is 9.52. The number of anilines is 1. The maximum atomic E-state index is 13.3. The van der Waals surface area contributed by atoms with Gasteiger partial charge in [-0.15, -0.1) is 0 Å². The number of ether oxygens (including phenoxy) is 1. The van der Waals surface area contributed by atoms with Crippen molar-refractivity contribution in [1.29, 1.82) is 0 Å². The largest absolute Gasteiger partial charge is 0.382 e. The van der Waals surface area contributed by atoms with Crippen LogP contribution in [0.5, 0.6) is 0 Å². The van der Waals surface area contributed by atoms with E-state index in [1.165, 1.54) is 16.8 Å². The van der Waals surface area contributed by atoms with Gasteiger partial charge >= 0.3 is 0 Å². The summed E-state index contributed by atoms with van der Waals surface area (Å²) in [5.74, 6) is 0. The lowest BCUT2D eigenvalue weighted by Gasteiger charge is -2.39. The molecule has 1 aromatic heterocycles. The summed E-state index contributed by atoms with van der Waals surface area (Å²) in [7, 11) is -3.66. The van der Waals surface area contributed by atoms with Gasteiger partial charge < -0.3 is 10.1 Å². The van der Waals surface area contributed by atoms with Crippen molar-refractivity contribution < 1.29 is 13.2 Å². The van der Waals surface area contributed by atoms with Gasteiger partial charge in [-0.3, -0.25) is 4.90 Å². The molecule has 0 bridgehead atoms. The van der Waals surface area contributed by atoms with Crippen molar-refractivity contribution in [3.05, 3.63) is 58.3 Å². The predicted octanol–water partition coefficient (Wildman–Crippen LogP) is 4.54. The zero-order chi connectivity index (χ0) is 22.1. The number of fused-ring (bicyclic) bond motifs is 1. The fraction of sp³-hybridized carbons (Fsp3) is 0.417. The summed E-state index contributed by atoms with van der Waals surface area (Å²) in [5, 5.41) is 4.68. The molecule has 0 spiro atoms. The number of nitrogens with one attached hydrogen (secondary N) is 1. The van der Waals surface area contributed by atoms with Crippen LogP contribution in [0.25, 0.3) is 10.9 Å². The van der Waals surface area contributed by atoms with Crippen LogP contribution < -0.4 is 5.32 Å². The highest BCUT2D eigenvalue weighted by atomic mass is 127.